The number of nitrogens with one attached hydrogen (secondary N) is 1. The summed E-state index contributed by atoms with van der Waals surface area (Å²) in [5, 5.41) is 7.02. The SMILES string of the molecule is COc1ccc(C2=NO[C@](C)(C(=O)NCc3ccccc3)C2)cc1. The highest BCUT2D eigenvalue weighted by molar-refractivity contribution is 6.05. The molecule has 5 heteroatoms. The Morgan fingerprint density at radius 2 is 1.92 bits per heavy atom. The molecule has 1 atom stereocenters. The van der Waals surface area contributed by atoms with Crippen LogP contribution in [-0.2, 0) is 16.2 Å². The molecule has 1 aliphatic rings. The van der Waals surface area contributed by atoms with E-state index < -0.39 is 5.60 Å². The number of benzene rings is 2. The average Bonchev–Trinajstić information content (AvgIpc) is 3.04. The molecule has 124 valence electrons. The maximum absolute atomic E-state index is 12.5. The molecule has 0 bridgehead atoms. The van der Waals surface area contributed by atoms with E-state index in [9.17, 15) is 4.79 Å². The van der Waals surface area contributed by atoms with Gasteiger partial charge in [-0.1, -0.05) is 35.5 Å². The van der Waals surface area contributed by atoms with Crippen LogP contribution >= 0.6 is 0 Å². The lowest BCUT2D eigenvalue weighted by atomic mass is 9.95. The smallest absolute Gasteiger partial charge is 0.267 e. The van der Waals surface area contributed by atoms with Crippen molar-refractivity contribution >= 4 is 11.6 Å². The Hall–Kier alpha value is -2.82. The van der Waals surface area contributed by atoms with Gasteiger partial charge in [-0.3, -0.25) is 4.79 Å². The zero-order valence-corrected chi connectivity index (χ0v) is 13.8. The van der Waals surface area contributed by atoms with E-state index in [0.717, 1.165) is 22.6 Å². The quantitative estimate of drug-likeness (QED) is 0.920. The molecular weight excluding hydrogens is 304 g/mol. The van der Waals surface area contributed by atoms with Gasteiger partial charge >= 0.3 is 0 Å². The first-order valence-electron chi connectivity index (χ1n) is 7.82. The van der Waals surface area contributed by atoms with Crippen molar-refractivity contribution in [1.82, 2.24) is 5.32 Å². The Kier molecular flexibility index (Phi) is 4.51. The van der Waals surface area contributed by atoms with Crippen LogP contribution in [0.25, 0.3) is 0 Å². The fourth-order valence-electron chi connectivity index (χ4n) is 2.56. The van der Waals surface area contributed by atoms with Crippen molar-refractivity contribution in [3.63, 3.8) is 0 Å². The number of oxime groups is 1. The van der Waals surface area contributed by atoms with E-state index in [1.807, 2.05) is 54.6 Å². The second-order valence-electron chi connectivity index (χ2n) is 5.93. The number of carbonyl (C=O) groups excluding carboxylic acids is 1. The molecule has 0 saturated heterocycles. The van der Waals surface area contributed by atoms with Crippen LogP contribution in [0.2, 0.25) is 0 Å². The number of amides is 1. The fraction of sp³-hybridized carbons (Fsp3) is 0.263. The van der Waals surface area contributed by atoms with Crippen LogP contribution in [-0.4, -0.2) is 24.3 Å². The van der Waals surface area contributed by atoms with E-state index in [2.05, 4.69) is 10.5 Å². The Bertz CT molecular complexity index is 741. The number of ether oxygens (including phenoxy) is 1. The fourth-order valence-corrected chi connectivity index (χ4v) is 2.56. The summed E-state index contributed by atoms with van der Waals surface area (Å²) in [7, 11) is 1.62. The summed E-state index contributed by atoms with van der Waals surface area (Å²) in [4.78, 5) is 17.9. The van der Waals surface area contributed by atoms with Crippen LogP contribution in [0.5, 0.6) is 5.75 Å². The maximum atomic E-state index is 12.5. The van der Waals surface area contributed by atoms with E-state index in [-0.39, 0.29) is 5.91 Å². The molecule has 0 aliphatic carbocycles. The Morgan fingerprint density at radius 1 is 1.21 bits per heavy atom. The normalized spacial score (nSPS) is 19.3. The zero-order chi connectivity index (χ0) is 17.0. The van der Waals surface area contributed by atoms with Gasteiger partial charge in [0.2, 0.25) is 5.60 Å². The molecule has 0 fully saturated rings. The minimum Gasteiger partial charge on any atom is -0.497 e. The summed E-state index contributed by atoms with van der Waals surface area (Å²) < 4.78 is 5.15. The van der Waals surface area contributed by atoms with Crippen molar-refractivity contribution in [1.29, 1.82) is 0 Å². The molecular formula is C19H20N2O3. The molecule has 0 aromatic heterocycles. The molecule has 1 aliphatic heterocycles. The van der Waals surface area contributed by atoms with Crippen molar-refractivity contribution in [2.24, 2.45) is 5.16 Å². The molecule has 2 aromatic carbocycles. The number of methoxy groups -OCH3 is 1. The van der Waals surface area contributed by atoms with Crippen molar-refractivity contribution in [2.45, 2.75) is 25.5 Å². The molecule has 0 radical (unpaired) electrons. The first-order chi connectivity index (χ1) is 11.6. The molecule has 24 heavy (non-hydrogen) atoms. The topological polar surface area (TPSA) is 59.9 Å². The van der Waals surface area contributed by atoms with Gasteiger partial charge in [0.15, 0.2) is 0 Å². The van der Waals surface area contributed by atoms with Crippen LogP contribution < -0.4 is 10.1 Å². The summed E-state index contributed by atoms with van der Waals surface area (Å²) >= 11 is 0. The van der Waals surface area contributed by atoms with Gasteiger partial charge in [-0.25, -0.2) is 0 Å². The molecule has 0 spiro atoms. The summed E-state index contributed by atoms with van der Waals surface area (Å²) in [6.45, 7) is 2.23. The largest absolute Gasteiger partial charge is 0.497 e. The Labute approximate surface area is 141 Å². The summed E-state index contributed by atoms with van der Waals surface area (Å²) in [6.07, 6.45) is 0.431. The number of nitrogens with zero attached hydrogens (tertiary/aromatic N) is 1. The van der Waals surface area contributed by atoms with Gasteiger partial charge in [0.1, 0.15) is 5.75 Å². The highest BCUT2D eigenvalue weighted by atomic mass is 16.7. The molecule has 0 saturated carbocycles. The van der Waals surface area contributed by atoms with Gasteiger partial charge < -0.3 is 14.9 Å². The molecule has 5 nitrogen and oxygen atoms in total. The predicted molar refractivity (Wildman–Crippen MR) is 91.9 cm³/mol. The highest BCUT2D eigenvalue weighted by Gasteiger charge is 2.42. The minimum atomic E-state index is -0.982. The van der Waals surface area contributed by atoms with E-state index in [0.29, 0.717) is 13.0 Å². The molecule has 1 N–H and O–H groups in total. The highest BCUT2D eigenvalue weighted by Crippen LogP contribution is 2.27. The molecule has 2 aromatic rings. The maximum Gasteiger partial charge on any atom is 0.267 e. The predicted octanol–water partition coefficient (Wildman–Crippen LogP) is 2.89. The van der Waals surface area contributed by atoms with Crippen molar-refractivity contribution in [2.75, 3.05) is 7.11 Å². The van der Waals surface area contributed by atoms with Crippen LogP contribution in [0.15, 0.2) is 59.8 Å². The Morgan fingerprint density at radius 3 is 2.58 bits per heavy atom. The standard InChI is InChI=1S/C19H20N2O3/c1-19(18(22)20-13-14-6-4-3-5-7-14)12-17(21-24-19)15-8-10-16(23-2)11-9-15/h3-11H,12-13H2,1-2H3,(H,20,22)/t19-/m0/s1. The van der Waals surface area contributed by atoms with Gasteiger partial charge in [0.25, 0.3) is 5.91 Å². The zero-order valence-electron chi connectivity index (χ0n) is 13.8. The van der Waals surface area contributed by atoms with Crippen LogP contribution in [0.3, 0.4) is 0 Å². The molecule has 3 rings (SSSR count). The third-order valence-electron chi connectivity index (χ3n) is 4.06. The minimum absolute atomic E-state index is 0.168. The third kappa shape index (κ3) is 3.40. The first-order valence-corrected chi connectivity index (χ1v) is 7.82. The average molecular weight is 324 g/mol. The third-order valence-corrected chi connectivity index (χ3v) is 4.06. The lowest BCUT2D eigenvalue weighted by molar-refractivity contribution is -0.141. The lowest BCUT2D eigenvalue weighted by Crippen LogP contribution is -2.44. The van der Waals surface area contributed by atoms with Gasteiger partial charge in [-0.2, -0.15) is 0 Å². The Balaban J connectivity index is 1.62. The van der Waals surface area contributed by atoms with Crippen LogP contribution in [0.4, 0.5) is 0 Å². The number of hydrogen-bond acceptors (Lipinski definition) is 4. The second kappa shape index (κ2) is 6.74. The van der Waals surface area contributed by atoms with E-state index in [1.165, 1.54) is 0 Å². The molecule has 0 unspecified atom stereocenters. The van der Waals surface area contributed by atoms with E-state index >= 15 is 0 Å². The summed E-state index contributed by atoms with van der Waals surface area (Å²) in [6, 6.07) is 17.3. The van der Waals surface area contributed by atoms with Crippen LogP contribution in [0, 0.1) is 0 Å². The van der Waals surface area contributed by atoms with Crippen molar-refractivity contribution in [3.8, 4) is 5.75 Å². The first kappa shape index (κ1) is 16.1. The monoisotopic (exact) mass is 324 g/mol. The number of carbonyl (C=O) groups is 1. The van der Waals surface area contributed by atoms with Gasteiger partial charge in [0, 0.05) is 13.0 Å². The number of rotatable bonds is 5. The summed E-state index contributed by atoms with van der Waals surface area (Å²) in [5.74, 6) is 0.611. The molecule has 1 amide bonds. The number of hydrogen-bond donors (Lipinski definition) is 1. The van der Waals surface area contributed by atoms with Gasteiger partial charge in [-0.15, -0.1) is 0 Å². The second-order valence-corrected chi connectivity index (χ2v) is 5.93. The lowest BCUT2D eigenvalue weighted by Gasteiger charge is -2.20. The van der Waals surface area contributed by atoms with E-state index in [4.69, 9.17) is 9.57 Å². The van der Waals surface area contributed by atoms with Gasteiger partial charge in [0.05, 0.1) is 12.8 Å². The summed E-state index contributed by atoms with van der Waals surface area (Å²) in [5.41, 5.74) is 1.75. The van der Waals surface area contributed by atoms with Gasteiger partial charge in [-0.05, 0) is 42.3 Å². The van der Waals surface area contributed by atoms with Crippen molar-refractivity contribution < 1.29 is 14.4 Å². The van der Waals surface area contributed by atoms with Crippen molar-refractivity contribution in [3.05, 3.63) is 65.7 Å². The van der Waals surface area contributed by atoms with E-state index in [1.54, 1.807) is 14.0 Å². The van der Waals surface area contributed by atoms with Crippen LogP contribution in [0.1, 0.15) is 24.5 Å². The molecule has 1 heterocycles.